The number of ether oxygens (including phenoxy) is 1. The first-order valence-electron chi connectivity index (χ1n) is 9.99. The molecular formula is C22H26N2O4S3. The lowest BCUT2D eigenvalue weighted by Crippen LogP contribution is -2.17. The standard InChI is InChI=1S/C22H26N2O4S3/c1-4-13-24-19-12-9-17(29-3)15-20(19)30-22(24)23-21(25)6-5-14-31(26,27)18-10-7-16(28-2)8-11-18/h7-12,15H,4-6,13-14H2,1-3H3. The zero-order valence-electron chi connectivity index (χ0n) is 17.8. The van der Waals surface area contributed by atoms with Crippen LogP contribution in [0.25, 0.3) is 10.2 Å². The molecule has 6 nitrogen and oxygen atoms in total. The summed E-state index contributed by atoms with van der Waals surface area (Å²) in [5, 5.41) is 0. The Kier molecular flexibility index (Phi) is 7.96. The van der Waals surface area contributed by atoms with Crippen LogP contribution in [0.1, 0.15) is 26.2 Å². The summed E-state index contributed by atoms with van der Waals surface area (Å²) in [5.74, 6) is 0.201. The third-order valence-corrected chi connectivity index (χ3v) is 8.36. The van der Waals surface area contributed by atoms with E-state index in [1.807, 2.05) is 6.26 Å². The van der Waals surface area contributed by atoms with Crippen molar-refractivity contribution in [3.63, 3.8) is 0 Å². The maximum atomic E-state index is 12.5. The first kappa shape index (κ1) is 23.6. The highest BCUT2D eigenvalue weighted by Gasteiger charge is 2.15. The van der Waals surface area contributed by atoms with Crippen LogP contribution in [0.5, 0.6) is 5.75 Å². The number of aryl methyl sites for hydroxylation is 1. The van der Waals surface area contributed by atoms with E-state index in [0.29, 0.717) is 10.6 Å². The summed E-state index contributed by atoms with van der Waals surface area (Å²) >= 11 is 3.17. The molecule has 1 heterocycles. The van der Waals surface area contributed by atoms with Gasteiger partial charge in [-0.3, -0.25) is 4.79 Å². The summed E-state index contributed by atoms with van der Waals surface area (Å²) in [7, 11) is -1.92. The van der Waals surface area contributed by atoms with E-state index in [-0.39, 0.29) is 29.4 Å². The molecule has 0 aliphatic rings. The Hall–Kier alpha value is -2.10. The minimum absolute atomic E-state index is 0.0891. The van der Waals surface area contributed by atoms with E-state index in [1.165, 1.54) is 35.5 Å². The van der Waals surface area contributed by atoms with Crippen molar-refractivity contribution in [2.75, 3.05) is 19.1 Å². The molecule has 166 valence electrons. The SMILES string of the molecule is CCCn1c(=NC(=O)CCCS(=O)(=O)c2ccc(OC)cc2)sc2cc(SC)ccc21. The van der Waals surface area contributed by atoms with Crippen molar-refractivity contribution in [1.82, 2.24) is 4.57 Å². The zero-order valence-corrected chi connectivity index (χ0v) is 20.3. The van der Waals surface area contributed by atoms with Gasteiger partial charge < -0.3 is 9.30 Å². The minimum atomic E-state index is -3.45. The van der Waals surface area contributed by atoms with E-state index in [9.17, 15) is 13.2 Å². The highest BCUT2D eigenvalue weighted by molar-refractivity contribution is 7.98. The first-order valence-corrected chi connectivity index (χ1v) is 13.7. The molecule has 0 atom stereocenters. The lowest BCUT2D eigenvalue weighted by molar-refractivity contribution is -0.118. The van der Waals surface area contributed by atoms with Crippen LogP contribution in [0.2, 0.25) is 0 Å². The van der Waals surface area contributed by atoms with Crippen molar-refractivity contribution in [2.24, 2.45) is 4.99 Å². The Morgan fingerprint density at radius 2 is 1.94 bits per heavy atom. The topological polar surface area (TPSA) is 77.7 Å². The predicted molar refractivity (Wildman–Crippen MR) is 127 cm³/mol. The van der Waals surface area contributed by atoms with Gasteiger partial charge in [-0.1, -0.05) is 18.3 Å². The quantitative estimate of drug-likeness (QED) is 0.423. The number of hydrogen-bond donors (Lipinski definition) is 0. The Bertz CT molecular complexity index is 1230. The predicted octanol–water partition coefficient (Wildman–Crippen LogP) is 4.52. The normalized spacial score (nSPS) is 12.4. The number of nitrogens with zero attached hydrogens (tertiary/aromatic N) is 2. The number of rotatable bonds is 9. The Labute approximate surface area is 190 Å². The second-order valence-corrected chi connectivity index (χ2v) is 11.0. The molecule has 0 radical (unpaired) electrons. The fraction of sp³-hybridized carbons (Fsp3) is 0.364. The highest BCUT2D eigenvalue weighted by Crippen LogP contribution is 2.24. The smallest absolute Gasteiger partial charge is 0.248 e. The average Bonchev–Trinajstić information content (AvgIpc) is 3.09. The van der Waals surface area contributed by atoms with E-state index >= 15 is 0 Å². The van der Waals surface area contributed by atoms with Gasteiger partial charge in [0, 0.05) is 17.9 Å². The molecule has 1 aromatic heterocycles. The van der Waals surface area contributed by atoms with Crippen LogP contribution < -0.4 is 9.54 Å². The van der Waals surface area contributed by atoms with Crippen molar-refractivity contribution in [3.8, 4) is 5.75 Å². The van der Waals surface area contributed by atoms with E-state index in [0.717, 1.165) is 23.2 Å². The van der Waals surface area contributed by atoms with Crippen molar-refractivity contribution in [2.45, 2.75) is 42.5 Å². The molecule has 0 bridgehead atoms. The molecule has 3 aromatic rings. The fourth-order valence-corrected chi connectivity index (χ4v) is 6.12. The molecule has 31 heavy (non-hydrogen) atoms. The fourth-order valence-electron chi connectivity index (χ4n) is 3.18. The highest BCUT2D eigenvalue weighted by atomic mass is 32.2. The Morgan fingerprint density at radius 1 is 1.19 bits per heavy atom. The second kappa shape index (κ2) is 10.5. The maximum absolute atomic E-state index is 12.5. The first-order chi connectivity index (χ1) is 14.9. The van der Waals surface area contributed by atoms with Gasteiger partial charge >= 0.3 is 0 Å². The van der Waals surface area contributed by atoms with Crippen LogP contribution in [0.15, 0.2) is 57.2 Å². The van der Waals surface area contributed by atoms with Crippen molar-refractivity contribution in [3.05, 3.63) is 47.3 Å². The number of carbonyl (C=O) groups is 1. The third kappa shape index (κ3) is 5.78. The monoisotopic (exact) mass is 478 g/mol. The zero-order chi connectivity index (χ0) is 22.4. The summed E-state index contributed by atoms with van der Waals surface area (Å²) in [5.41, 5.74) is 1.07. The molecule has 0 saturated carbocycles. The number of methoxy groups -OCH3 is 1. The number of carbonyl (C=O) groups excluding carboxylic acids is 1. The lowest BCUT2D eigenvalue weighted by Gasteiger charge is -2.05. The van der Waals surface area contributed by atoms with Gasteiger partial charge in [-0.25, -0.2) is 8.42 Å². The molecule has 9 heteroatoms. The summed E-state index contributed by atoms with van der Waals surface area (Å²) in [4.78, 5) is 18.9. The average molecular weight is 479 g/mol. The molecule has 3 rings (SSSR count). The van der Waals surface area contributed by atoms with Gasteiger partial charge in [0.2, 0.25) is 5.91 Å². The van der Waals surface area contributed by atoms with E-state index < -0.39 is 9.84 Å². The largest absolute Gasteiger partial charge is 0.497 e. The van der Waals surface area contributed by atoms with Gasteiger partial charge in [0.25, 0.3) is 0 Å². The number of amides is 1. The van der Waals surface area contributed by atoms with E-state index in [4.69, 9.17) is 4.74 Å². The van der Waals surface area contributed by atoms with Crippen LogP contribution in [-0.2, 0) is 21.2 Å². The molecule has 0 saturated heterocycles. The maximum Gasteiger partial charge on any atom is 0.248 e. The summed E-state index contributed by atoms with van der Waals surface area (Å²) < 4.78 is 33.2. The molecule has 0 spiro atoms. The molecule has 0 aliphatic heterocycles. The molecule has 0 N–H and O–H groups in total. The van der Waals surface area contributed by atoms with E-state index in [2.05, 4.69) is 34.7 Å². The van der Waals surface area contributed by atoms with Crippen molar-refractivity contribution < 1.29 is 17.9 Å². The lowest BCUT2D eigenvalue weighted by atomic mass is 10.3. The molecule has 1 amide bonds. The number of thiazole rings is 1. The molecular weight excluding hydrogens is 452 g/mol. The number of hydrogen-bond acceptors (Lipinski definition) is 6. The van der Waals surface area contributed by atoms with Gasteiger partial charge in [0.15, 0.2) is 14.6 Å². The van der Waals surface area contributed by atoms with Crippen molar-refractivity contribution >= 4 is 49.1 Å². The second-order valence-electron chi connectivity index (χ2n) is 6.97. The summed E-state index contributed by atoms with van der Waals surface area (Å²) in [6.07, 6.45) is 3.28. The van der Waals surface area contributed by atoms with Crippen LogP contribution in [-0.4, -0.2) is 38.0 Å². The van der Waals surface area contributed by atoms with Gasteiger partial charge in [0.05, 0.1) is 28.0 Å². The van der Waals surface area contributed by atoms with Gasteiger partial charge in [0.1, 0.15) is 5.75 Å². The molecule has 0 unspecified atom stereocenters. The minimum Gasteiger partial charge on any atom is -0.497 e. The van der Waals surface area contributed by atoms with Crippen LogP contribution in [0.3, 0.4) is 0 Å². The number of thioether (sulfide) groups is 1. The van der Waals surface area contributed by atoms with Crippen LogP contribution in [0.4, 0.5) is 0 Å². The third-order valence-electron chi connectivity index (χ3n) is 4.78. The summed E-state index contributed by atoms with van der Waals surface area (Å²) in [6.45, 7) is 2.86. The molecule has 0 fully saturated rings. The van der Waals surface area contributed by atoms with Crippen molar-refractivity contribution in [1.29, 1.82) is 0 Å². The summed E-state index contributed by atoms with van der Waals surface area (Å²) in [6, 6.07) is 12.5. The molecule has 0 aliphatic carbocycles. The van der Waals surface area contributed by atoms with Crippen LogP contribution >= 0.6 is 23.1 Å². The van der Waals surface area contributed by atoms with Gasteiger partial charge in [-0.2, -0.15) is 4.99 Å². The van der Waals surface area contributed by atoms with E-state index in [1.54, 1.807) is 23.9 Å². The number of benzene rings is 2. The van der Waals surface area contributed by atoms with Crippen LogP contribution in [0, 0.1) is 0 Å². The number of sulfone groups is 1. The Balaban J connectivity index is 1.73. The Morgan fingerprint density at radius 3 is 2.58 bits per heavy atom. The van der Waals surface area contributed by atoms with Gasteiger partial charge in [-0.15, -0.1) is 11.8 Å². The molecule has 2 aromatic carbocycles. The number of aromatic nitrogens is 1. The van der Waals surface area contributed by atoms with Gasteiger partial charge in [-0.05, 0) is 61.6 Å². The number of fused-ring (bicyclic) bond motifs is 1.